The van der Waals surface area contributed by atoms with Crippen LogP contribution in [0.3, 0.4) is 0 Å². The van der Waals surface area contributed by atoms with Crippen LogP contribution >= 0.6 is 0 Å². The molecule has 0 aliphatic heterocycles. The quantitative estimate of drug-likeness (QED) is 0.918. The smallest absolute Gasteiger partial charge is 0.254 e. The average molecular weight is 275 g/mol. The number of carbonyl (C=O) groups is 1. The summed E-state index contributed by atoms with van der Waals surface area (Å²) < 4.78 is 0. The summed E-state index contributed by atoms with van der Waals surface area (Å²) in [6.07, 6.45) is 6.95. The van der Waals surface area contributed by atoms with Crippen molar-refractivity contribution in [3.8, 4) is 0 Å². The maximum atomic E-state index is 11.8. The van der Waals surface area contributed by atoms with Crippen molar-refractivity contribution in [2.45, 2.75) is 32.6 Å². The molecule has 0 saturated heterocycles. The molecule has 20 heavy (non-hydrogen) atoms. The summed E-state index contributed by atoms with van der Waals surface area (Å²) >= 11 is 0. The molecule has 110 valence electrons. The lowest BCUT2D eigenvalue weighted by atomic mass is 9.83. The van der Waals surface area contributed by atoms with Crippen LogP contribution < -0.4 is 5.32 Å². The summed E-state index contributed by atoms with van der Waals surface area (Å²) in [6.45, 7) is 3.33. The largest absolute Gasteiger partial charge is 0.370 e. The van der Waals surface area contributed by atoms with Gasteiger partial charge in [-0.3, -0.25) is 4.79 Å². The number of pyridine rings is 1. The summed E-state index contributed by atoms with van der Waals surface area (Å²) in [5.74, 6) is 2.50. The molecule has 1 aliphatic rings. The van der Waals surface area contributed by atoms with Crippen LogP contribution in [0, 0.1) is 11.8 Å². The summed E-state index contributed by atoms with van der Waals surface area (Å²) in [4.78, 5) is 17.6. The number of hydrogen-bond donors (Lipinski definition) is 1. The van der Waals surface area contributed by atoms with E-state index in [1.54, 1.807) is 25.2 Å². The van der Waals surface area contributed by atoms with E-state index in [2.05, 4.69) is 17.2 Å². The highest BCUT2D eigenvalue weighted by Crippen LogP contribution is 2.28. The van der Waals surface area contributed by atoms with Crippen molar-refractivity contribution in [3.05, 3.63) is 23.9 Å². The number of nitrogens with zero attached hydrogens (tertiary/aromatic N) is 2. The molecule has 1 N–H and O–H groups in total. The molecule has 4 heteroatoms. The number of rotatable bonds is 4. The zero-order chi connectivity index (χ0) is 14.5. The zero-order valence-corrected chi connectivity index (χ0v) is 12.7. The predicted molar refractivity (Wildman–Crippen MR) is 81.9 cm³/mol. The van der Waals surface area contributed by atoms with Gasteiger partial charge in [-0.25, -0.2) is 4.98 Å². The molecule has 1 fully saturated rings. The van der Waals surface area contributed by atoms with Gasteiger partial charge >= 0.3 is 0 Å². The van der Waals surface area contributed by atoms with Gasteiger partial charge in [-0.2, -0.15) is 0 Å². The zero-order valence-electron chi connectivity index (χ0n) is 12.7. The molecule has 1 aromatic rings. The number of nitrogens with one attached hydrogen (secondary N) is 1. The minimum absolute atomic E-state index is 0.00896. The van der Waals surface area contributed by atoms with Crippen LogP contribution in [0.5, 0.6) is 0 Å². The molecule has 0 aromatic carbocycles. The normalized spacial score (nSPS) is 22.4. The van der Waals surface area contributed by atoms with E-state index < -0.39 is 0 Å². The van der Waals surface area contributed by atoms with Gasteiger partial charge in [0, 0.05) is 26.8 Å². The summed E-state index contributed by atoms with van der Waals surface area (Å²) in [7, 11) is 3.50. The van der Waals surface area contributed by atoms with E-state index in [0.717, 1.165) is 24.2 Å². The molecular weight excluding hydrogens is 250 g/mol. The Morgan fingerprint density at radius 3 is 2.55 bits per heavy atom. The van der Waals surface area contributed by atoms with E-state index in [9.17, 15) is 4.79 Å². The van der Waals surface area contributed by atoms with Crippen LogP contribution in [0.25, 0.3) is 0 Å². The fourth-order valence-electron chi connectivity index (χ4n) is 2.67. The Bertz CT molecular complexity index is 434. The van der Waals surface area contributed by atoms with Crippen LogP contribution in [0.1, 0.15) is 43.0 Å². The second-order valence-electron chi connectivity index (χ2n) is 6.14. The van der Waals surface area contributed by atoms with Gasteiger partial charge in [0.2, 0.25) is 0 Å². The molecule has 1 aliphatic carbocycles. The minimum atomic E-state index is -0.00896. The molecule has 1 amide bonds. The lowest BCUT2D eigenvalue weighted by Gasteiger charge is -2.26. The third-order valence-electron chi connectivity index (χ3n) is 4.12. The first-order valence-corrected chi connectivity index (χ1v) is 7.48. The van der Waals surface area contributed by atoms with E-state index in [-0.39, 0.29) is 5.91 Å². The molecular formula is C16H25N3O. The molecule has 4 nitrogen and oxygen atoms in total. The van der Waals surface area contributed by atoms with Gasteiger partial charge in [-0.15, -0.1) is 0 Å². The first kappa shape index (κ1) is 14.8. The van der Waals surface area contributed by atoms with Crippen molar-refractivity contribution in [1.82, 2.24) is 9.88 Å². The topological polar surface area (TPSA) is 45.2 Å². The van der Waals surface area contributed by atoms with E-state index in [1.165, 1.54) is 25.7 Å². The molecule has 0 spiro atoms. The lowest BCUT2D eigenvalue weighted by molar-refractivity contribution is 0.0827. The molecule has 2 rings (SSSR count). The van der Waals surface area contributed by atoms with Crippen LogP contribution in [0.4, 0.5) is 5.82 Å². The van der Waals surface area contributed by atoms with Crippen LogP contribution in [-0.2, 0) is 0 Å². The number of aromatic nitrogens is 1. The SMILES string of the molecule is CC1CCC(CNc2ccc(C(=O)N(C)C)cn2)CC1. The third kappa shape index (κ3) is 3.95. The first-order chi connectivity index (χ1) is 9.56. The standard InChI is InChI=1S/C16H25N3O/c1-12-4-6-13(7-5-12)10-17-15-9-8-14(11-18-15)16(20)19(2)3/h8-9,11-13H,4-7,10H2,1-3H3,(H,17,18). The van der Waals surface area contributed by atoms with Crippen molar-refractivity contribution < 1.29 is 4.79 Å². The van der Waals surface area contributed by atoms with Crippen molar-refractivity contribution in [1.29, 1.82) is 0 Å². The minimum Gasteiger partial charge on any atom is -0.370 e. The molecule has 0 atom stereocenters. The van der Waals surface area contributed by atoms with Gasteiger partial charge in [0.15, 0.2) is 0 Å². The first-order valence-electron chi connectivity index (χ1n) is 7.48. The van der Waals surface area contributed by atoms with E-state index >= 15 is 0 Å². The van der Waals surface area contributed by atoms with Crippen molar-refractivity contribution in [3.63, 3.8) is 0 Å². The number of amides is 1. The Balaban J connectivity index is 1.83. The van der Waals surface area contributed by atoms with Gasteiger partial charge in [0.1, 0.15) is 5.82 Å². The van der Waals surface area contributed by atoms with Crippen LogP contribution in [-0.4, -0.2) is 36.4 Å². The summed E-state index contributed by atoms with van der Waals surface area (Å²) in [5, 5.41) is 3.39. The molecule has 0 radical (unpaired) electrons. The monoisotopic (exact) mass is 275 g/mol. The molecule has 0 bridgehead atoms. The van der Waals surface area contributed by atoms with E-state index in [4.69, 9.17) is 0 Å². The van der Waals surface area contributed by atoms with Gasteiger partial charge in [-0.05, 0) is 36.8 Å². The average Bonchev–Trinajstić information content (AvgIpc) is 2.46. The van der Waals surface area contributed by atoms with Crippen molar-refractivity contribution in [2.24, 2.45) is 11.8 Å². The maximum Gasteiger partial charge on any atom is 0.254 e. The Morgan fingerprint density at radius 1 is 1.30 bits per heavy atom. The number of anilines is 1. The van der Waals surface area contributed by atoms with Gasteiger partial charge in [0.25, 0.3) is 5.91 Å². The summed E-state index contributed by atoms with van der Waals surface area (Å²) in [6, 6.07) is 3.72. The summed E-state index contributed by atoms with van der Waals surface area (Å²) in [5.41, 5.74) is 0.632. The second kappa shape index (κ2) is 6.73. The van der Waals surface area contributed by atoms with E-state index in [0.29, 0.717) is 5.56 Å². The van der Waals surface area contributed by atoms with Crippen LogP contribution in [0.15, 0.2) is 18.3 Å². The highest BCUT2D eigenvalue weighted by molar-refractivity contribution is 5.93. The Hall–Kier alpha value is -1.58. The van der Waals surface area contributed by atoms with Crippen molar-refractivity contribution in [2.75, 3.05) is 26.0 Å². The Labute approximate surface area is 121 Å². The van der Waals surface area contributed by atoms with Gasteiger partial charge < -0.3 is 10.2 Å². The molecule has 1 heterocycles. The number of carbonyl (C=O) groups excluding carboxylic acids is 1. The fourth-order valence-corrected chi connectivity index (χ4v) is 2.67. The Kier molecular flexibility index (Phi) is 4.99. The second-order valence-corrected chi connectivity index (χ2v) is 6.14. The third-order valence-corrected chi connectivity index (χ3v) is 4.12. The molecule has 1 saturated carbocycles. The van der Waals surface area contributed by atoms with Crippen molar-refractivity contribution >= 4 is 11.7 Å². The molecule has 1 aromatic heterocycles. The van der Waals surface area contributed by atoms with Gasteiger partial charge in [-0.1, -0.05) is 19.8 Å². The maximum absolute atomic E-state index is 11.8. The lowest BCUT2D eigenvalue weighted by Crippen LogP contribution is -2.22. The van der Waals surface area contributed by atoms with Gasteiger partial charge in [0.05, 0.1) is 5.56 Å². The molecule has 0 unspecified atom stereocenters. The Morgan fingerprint density at radius 2 is 2.00 bits per heavy atom. The predicted octanol–water partition coefficient (Wildman–Crippen LogP) is 3.02. The fraction of sp³-hybridized carbons (Fsp3) is 0.625. The highest BCUT2D eigenvalue weighted by Gasteiger charge is 2.18. The number of hydrogen-bond acceptors (Lipinski definition) is 3. The van der Waals surface area contributed by atoms with Crippen LogP contribution in [0.2, 0.25) is 0 Å². The highest BCUT2D eigenvalue weighted by atomic mass is 16.2. The van der Waals surface area contributed by atoms with E-state index in [1.807, 2.05) is 12.1 Å².